The van der Waals surface area contributed by atoms with Crippen LogP contribution in [0.15, 0.2) is 53.9 Å². The Hall–Kier alpha value is -4.53. The molecule has 57 heavy (non-hydrogen) atoms. The Kier molecular flexibility index (Phi) is 10.6. The van der Waals surface area contributed by atoms with Crippen molar-refractivity contribution in [2.24, 2.45) is 23.7 Å². The zero-order chi connectivity index (χ0) is 40.1. The van der Waals surface area contributed by atoms with Gasteiger partial charge in [-0.15, -0.1) is 6.58 Å². The minimum absolute atomic E-state index is 0.00543. The Morgan fingerprint density at radius 2 is 1.74 bits per heavy atom. The Morgan fingerprint density at radius 1 is 0.982 bits per heavy atom. The lowest BCUT2D eigenvalue weighted by Gasteiger charge is -2.32. The van der Waals surface area contributed by atoms with Gasteiger partial charge in [-0.1, -0.05) is 43.2 Å². The lowest BCUT2D eigenvalue weighted by atomic mass is 9.86. The number of aromatic nitrogens is 2. The minimum Gasteiger partial charge on any atom is -0.462 e. The van der Waals surface area contributed by atoms with Gasteiger partial charge in [0, 0.05) is 18.9 Å². The van der Waals surface area contributed by atoms with E-state index in [1.807, 2.05) is 12.2 Å². The molecule has 4 saturated carbocycles. The van der Waals surface area contributed by atoms with Crippen LogP contribution in [-0.2, 0) is 40.5 Å². The molecule has 2 N–H and O–H groups in total. The zero-order valence-electron chi connectivity index (χ0n) is 32.5. The molecule has 8 rings (SSSR count). The number of hydrogen-bond acceptors (Lipinski definition) is 10. The van der Waals surface area contributed by atoms with Crippen LogP contribution >= 0.6 is 0 Å². The van der Waals surface area contributed by atoms with Crippen molar-refractivity contribution in [3.05, 3.63) is 59.4 Å². The number of ether oxygens (including phenoxy) is 2. The van der Waals surface area contributed by atoms with Crippen LogP contribution in [0.5, 0.6) is 6.01 Å². The largest absolute Gasteiger partial charge is 0.462 e. The van der Waals surface area contributed by atoms with E-state index in [4.69, 9.17) is 14.5 Å². The number of sulfonamides is 1. The van der Waals surface area contributed by atoms with Gasteiger partial charge in [-0.25, -0.2) is 8.42 Å². The SMILES string of the molecule is C=C[C@@H]1C[C@]1(NC(=O)[C@@H]1C[C@@H]2CN1C(=O)[C@H](C1CCCC1)CC(=O)O[C@@H]1CCC[C@H]1CC/C=C/Cn1c(nc3ccccc3c1=O)O2)C(=O)NS(=O)(=O)C1(C)CC1. The van der Waals surface area contributed by atoms with E-state index in [0.29, 0.717) is 23.7 Å². The molecule has 4 aliphatic carbocycles. The highest BCUT2D eigenvalue weighted by molar-refractivity contribution is 7.91. The Labute approximate surface area is 332 Å². The van der Waals surface area contributed by atoms with E-state index in [0.717, 1.165) is 57.8 Å². The average Bonchev–Trinajstić information content (AvgIpc) is 3.81. The summed E-state index contributed by atoms with van der Waals surface area (Å²) < 4.78 is 41.5. The molecule has 2 aromatic rings. The lowest BCUT2D eigenvalue weighted by molar-refractivity contribution is -0.156. The Balaban J connectivity index is 1.14. The number of para-hydroxylation sites is 1. The van der Waals surface area contributed by atoms with E-state index in [1.54, 1.807) is 31.2 Å². The third kappa shape index (κ3) is 7.63. The molecule has 6 aliphatic rings. The number of fused-ring (bicyclic) bond motifs is 5. The quantitative estimate of drug-likeness (QED) is 0.306. The number of esters is 1. The molecule has 2 bridgehead atoms. The van der Waals surface area contributed by atoms with Crippen LogP contribution in [-0.4, -0.2) is 81.6 Å². The molecule has 5 fully saturated rings. The van der Waals surface area contributed by atoms with Crippen molar-refractivity contribution in [1.29, 1.82) is 0 Å². The first-order valence-electron chi connectivity index (χ1n) is 20.6. The summed E-state index contributed by atoms with van der Waals surface area (Å²) in [4.78, 5) is 77.0. The summed E-state index contributed by atoms with van der Waals surface area (Å²) in [6.45, 7) is 5.52. The smallest absolute Gasteiger partial charge is 0.306 e. The van der Waals surface area contributed by atoms with Crippen molar-refractivity contribution in [2.45, 2.75) is 132 Å². The molecule has 0 spiro atoms. The fraction of sp³-hybridized carbons (Fsp3) is 0.619. The number of rotatable bonds is 7. The first-order chi connectivity index (χ1) is 27.3. The maximum atomic E-state index is 14.9. The van der Waals surface area contributed by atoms with Crippen molar-refractivity contribution < 1.29 is 37.1 Å². The standard InChI is InChI=1S/C42H53N5O9S/c1-3-28-24-42(28,39(52)45-57(53,54)41(2)19-20-41)44-36(49)33-22-29-25-47(33)38(51)31(26-12-6-7-13-26)23-35(48)56-34-18-11-15-27(34)14-5-4-10-21-46-37(50)30-16-8-9-17-32(30)43-40(46)55-29/h3-4,8-10,16-17,26-29,31,33-34H,1,5-7,11-15,18-25H2,2H3,(H,44,49)(H,45,52)/b10-4+/t27-,28-,29-,31+,33+,34-,42-/m1/s1. The highest BCUT2D eigenvalue weighted by Gasteiger charge is 2.63. The summed E-state index contributed by atoms with van der Waals surface area (Å²) in [5.41, 5.74) is -1.42. The van der Waals surface area contributed by atoms with Gasteiger partial charge in [0.2, 0.25) is 21.8 Å². The number of nitrogens with zero attached hydrogens (tertiary/aromatic N) is 3. The van der Waals surface area contributed by atoms with Crippen molar-refractivity contribution in [1.82, 2.24) is 24.5 Å². The number of hydrogen-bond donors (Lipinski definition) is 2. The summed E-state index contributed by atoms with van der Waals surface area (Å²) in [5, 5.41) is 3.28. The number of carbonyl (C=O) groups is 4. The molecule has 14 nitrogen and oxygen atoms in total. The second-order valence-electron chi connectivity index (χ2n) is 17.3. The monoisotopic (exact) mass is 803 g/mol. The number of nitrogens with one attached hydrogen (secondary N) is 2. The van der Waals surface area contributed by atoms with Crippen LogP contribution in [0.2, 0.25) is 0 Å². The topological polar surface area (TPSA) is 183 Å². The van der Waals surface area contributed by atoms with Gasteiger partial charge in [-0.2, -0.15) is 4.98 Å². The summed E-state index contributed by atoms with van der Waals surface area (Å²) in [5.74, 6) is -3.46. The van der Waals surface area contributed by atoms with E-state index in [9.17, 15) is 32.4 Å². The van der Waals surface area contributed by atoms with Gasteiger partial charge >= 0.3 is 5.97 Å². The van der Waals surface area contributed by atoms with Crippen molar-refractivity contribution in [3.63, 3.8) is 0 Å². The summed E-state index contributed by atoms with van der Waals surface area (Å²) >= 11 is 0. The first-order valence-corrected chi connectivity index (χ1v) is 22.1. The Bertz CT molecular complexity index is 2160. The molecular weight excluding hydrogens is 751 g/mol. The van der Waals surface area contributed by atoms with Crippen LogP contribution in [0.4, 0.5) is 0 Å². The highest BCUT2D eigenvalue weighted by Crippen LogP contribution is 2.47. The second kappa shape index (κ2) is 15.3. The maximum Gasteiger partial charge on any atom is 0.306 e. The van der Waals surface area contributed by atoms with Crippen LogP contribution in [0.3, 0.4) is 0 Å². The molecule has 15 heteroatoms. The number of allylic oxidation sites excluding steroid dienone is 2. The van der Waals surface area contributed by atoms with Crippen LogP contribution in [0, 0.1) is 23.7 Å². The van der Waals surface area contributed by atoms with E-state index in [-0.39, 0.29) is 67.8 Å². The summed E-state index contributed by atoms with van der Waals surface area (Å²) in [7, 11) is -4.01. The molecule has 3 amide bonds. The predicted molar refractivity (Wildman–Crippen MR) is 210 cm³/mol. The molecular formula is C42H53N5O9S. The third-order valence-electron chi connectivity index (χ3n) is 13.5. The Morgan fingerprint density at radius 3 is 2.47 bits per heavy atom. The van der Waals surface area contributed by atoms with Gasteiger partial charge < -0.3 is 19.7 Å². The fourth-order valence-corrected chi connectivity index (χ4v) is 10.9. The lowest BCUT2D eigenvalue weighted by Crippen LogP contribution is -2.57. The van der Waals surface area contributed by atoms with E-state index >= 15 is 0 Å². The van der Waals surface area contributed by atoms with E-state index < -0.39 is 62.1 Å². The zero-order valence-corrected chi connectivity index (χ0v) is 33.3. The molecule has 0 unspecified atom stereocenters. The highest BCUT2D eigenvalue weighted by atomic mass is 32.2. The molecule has 1 aromatic carbocycles. The van der Waals surface area contributed by atoms with Gasteiger partial charge in [0.25, 0.3) is 17.5 Å². The summed E-state index contributed by atoms with van der Waals surface area (Å²) in [6, 6.07) is 5.91. The minimum atomic E-state index is -4.01. The number of benzene rings is 1. The normalized spacial score (nSPS) is 32.2. The number of carbonyl (C=O) groups excluding carboxylic acids is 4. The summed E-state index contributed by atoms with van der Waals surface area (Å²) in [6.07, 6.45) is 12.8. The molecule has 2 aliphatic heterocycles. The van der Waals surface area contributed by atoms with Crippen molar-refractivity contribution in [3.8, 4) is 6.01 Å². The molecule has 1 saturated heterocycles. The van der Waals surface area contributed by atoms with Crippen molar-refractivity contribution >= 4 is 44.6 Å². The molecule has 1 aromatic heterocycles. The van der Waals surface area contributed by atoms with Crippen LogP contribution in [0.1, 0.15) is 96.8 Å². The first kappa shape index (κ1) is 39.3. The van der Waals surface area contributed by atoms with Gasteiger partial charge in [0.05, 0.1) is 34.5 Å². The molecule has 0 radical (unpaired) electrons. The van der Waals surface area contributed by atoms with Gasteiger partial charge in [0.15, 0.2) is 0 Å². The third-order valence-corrected chi connectivity index (χ3v) is 15.7. The van der Waals surface area contributed by atoms with Crippen LogP contribution < -0.4 is 20.3 Å². The fourth-order valence-electron chi connectivity index (χ4n) is 9.56. The van der Waals surface area contributed by atoms with Gasteiger partial charge in [-0.3, -0.25) is 33.3 Å². The second-order valence-corrected chi connectivity index (χ2v) is 19.5. The predicted octanol–water partition coefficient (Wildman–Crippen LogP) is 4.06. The van der Waals surface area contributed by atoms with E-state index in [2.05, 4.69) is 16.6 Å². The van der Waals surface area contributed by atoms with Gasteiger partial charge in [-0.05, 0) is 95.1 Å². The maximum absolute atomic E-state index is 14.9. The van der Waals surface area contributed by atoms with Gasteiger partial charge in [0.1, 0.15) is 23.8 Å². The average molecular weight is 804 g/mol. The molecule has 7 atom stereocenters. The van der Waals surface area contributed by atoms with Crippen molar-refractivity contribution in [2.75, 3.05) is 6.54 Å². The number of amides is 3. The molecule has 3 heterocycles. The van der Waals surface area contributed by atoms with Crippen LogP contribution in [0.25, 0.3) is 10.9 Å². The van der Waals surface area contributed by atoms with E-state index in [1.165, 1.54) is 15.5 Å². The molecule has 306 valence electrons.